The molecule has 0 aliphatic carbocycles. The highest BCUT2D eigenvalue weighted by molar-refractivity contribution is 6.39. The first kappa shape index (κ1) is 15.9. The number of anilines is 1. The van der Waals surface area contributed by atoms with E-state index in [2.05, 4.69) is 5.32 Å². The lowest BCUT2D eigenvalue weighted by Crippen LogP contribution is -2.42. The maximum atomic E-state index is 13.1. The van der Waals surface area contributed by atoms with E-state index in [0.29, 0.717) is 0 Å². The lowest BCUT2D eigenvalue weighted by molar-refractivity contribution is -0.143. The summed E-state index contributed by atoms with van der Waals surface area (Å²) in [7, 11) is 1.42. The van der Waals surface area contributed by atoms with Gasteiger partial charge in [-0.1, -0.05) is 11.6 Å². The van der Waals surface area contributed by atoms with E-state index >= 15 is 0 Å². The van der Waals surface area contributed by atoms with Gasteiger partial charge in [0.25, 0.3) is 0 Å². The number of carbonyl (C=O) groups is 2. The Labute approximate surface area is 120 Å². The number of hydrogen-bond donors (Lipinski definition) is 1. The fourth-order valence-corrected chi connectivity index (χ4v) is 1.66. The molecule has 7 heteroatoms. The monoisotopic (exact) mass is 297 g/mol. The first-order valence-corrected chi connectivity index (χ1v) is 6.14. The zero-order chi connectivity index (χ0) is 15.3. The number of nitrogens with one attached hydrogen (secondary N) is 1. The summed E-state index contributed by atoms with van der Waals surface area (Å²) in [4.78, 5) is 24.7. The molecule has 0 spiro atoms. The molecule has 2 amide bonds. The molecular formula is C13H13ClFN3O2. The number of rotatable bonds is 3. The van der Waals surface area contributed by atoms with Crippen LogP contribution in [0.25, 0.3) is 0 Å². The van der Waals surface area contributed by atoms with E-state index in [4.69, 9.17) is 16.9 Å². The lowest BCUT2D eigenvalue weighted by Gasteiger charge is -2.22. The van der Waals surface area contributed by atoms with E-state index in [1.165, 1.54) is 13.1 Å². The third-order valence-electron chi connectivity index (χ3n) is 2.68. The molecule has 0 saturated heterocycles. The Hall–Kier alpha value is -2.13. The smallest absolute Gasteiger partial charge is 0.313 e. The molecule has 0 heterocycles. The summed E-state index contributed by atoms with van der Waals surface area (Å²) in [6, 6.07) is 4.98. The van der Waals surface area contributed by atoms with Crippen molar-refractivity contribution in [1.82, 2.24) is 4.90 Å². The van der Waals surface area contributed by atoms with E-state index < -0.39 is 23.7 Å². The quantitative estimate of drug-likeness (QED) is 0.869. The number of carbonyl (C=O) groups excluding carboxylic acids is 2. The molecule has 0 aromatic heterocycles. The molecule has 0 fully saturated rings. The van der Waals surface area contributed by atoms with E-state index in [1.807, 2.05) is 6.07 Å². The highest BCUT2D eigenvalue weighted by Gasteiger charge is 2.22. The number of hydrogen-bond acceptors (Lipinski definition) is 3. The second-order valence-corrected chi connectivity index (χ2v) is 4.68. The molecule has 0 bridgehead atoms. The zero-order valence-electron chi connectivity index (χ0n) is 11.0. The normalized spacial score (nSPS) is 11.3. The molecule has 5 nitrogen and oxygen atoms in total. The van der Waals surface area contributed by atoms with E-state index in [1.54, 1.807) is 6.92 Å². The van der Waals surface area contributed by atoms with Crippen molar-refractivity contribution < 1.29 is 14.0 Å². The summed E-state index contributed by atoms with van der Waals surface area (Å²) < 4.78 is 13.1. The highest BCUT2D eigenvalue weighted by atomic mass is 35.5. The predicted molar refractivity (Wildman–Crippen MR) is 72.5 cm³/mol. The van der Waals surface area contributed by atoms with Gasteiger partial charge in [0.15, 0.2) is 0 Å². The van der Waals surface area contributed by atoms with E-state index in [-0.39, 0.29) is 17.1 Å². The zero-order valence-corrected chi connectivity index (χ0v) is 11.7. The fourth-order valence-electron chi connectivity index (χ4n) is 1.44. The minimum Gasteiger partial charge on any atom is -0.334 e. The van der Waals surface area contributed by atoms with Crippen LogP contribution < -0.4 is 5.32 Å². The highest BCUT2D eigenvalue weighted by Crippen LogP contribution is 2.18. The predicted octanol–water partition coefficient (Wildman–Crippen LogP) is 2.18. The standard InChI is InChI=1S/C13H13ClFN3O2/c1-8(3-4-16)18(2)13(20)12(19)17-11-6-9(14)5-10(15)7-11/h5-8H,3H2,1-2H3,(H,17,19)/t8-/m1/s1. The Morgan fingerprint density at radius 3 is 2.70 bits per heavy atom. The average molecular weight is 298 g/mol. The Morgan fingerprint density at radius 1 is 1.50 bits per heavy atom. The molecule has 0 aliphatic heterocycles. The van der Waals surface area contributed by atoms with Crippen LogP contribution in [0.2, 0.25) is 5.02 Å². The molecule has 1 aromatic rings. The second kappa shape index (κ2) is 6.87. The molecule has 1 rings (SSSR count). The van der Waals surface area contributed by atoms with Gasteiger partial charge in [-0.05, 0) is 25.1 Å². The van der Waals surface area contributed by atoms with Gasteiger partial charge in [0, 0.05) is 23.8 Å². The van der Waals surface area contributed by atoms with Crippen molar-refractivity contribution in [2.45, 2.75) is 19.4 Å². The summed E-state index contributed by atoms with van der Waals surface area (Å²) in [5.74, 6) is -2.35. The minimum atomic E-state index is -0.918. The summed E-state index contributed by atoms with van der Waals surface area (Å²) in [6.45, 7) is 1.65. The van der Waals surface area contributed by atoms with Crippen molar-refractivity contribution in [3.8, 4) is 6.07 Å². The first-order valence-electron chi connectivity index (χ1n) is 5.76. The Kier molecular flexibility index (Phi) is 5.47. The number of nitriles is 1. The van der Waals surface area contributed by atoms with Crippen LogP contribution in [0.4, 0.5) is 10.1 Å². The third-order valence-corrected chi connectivity index (χ3v) is 2.90. The van der Waals surface area contributed by atoms with Crippen LogP contribution in [0.3, 0.4) is 0 Å². The molecule has 106 valence electrons. The Bertz CT molecular complexity index is 551. The van der Waals surface area contributed by atoms with Gasteiger partial charge < -0.3 is 10.2 Å². The second-order valence-electron chi connectivity index (χ2n) is 4.24. The molecule has 0 saturated carbocycles. The average Bonchev–Trinajstić information content (AvgIpc) is 2.35. The largest absolute Gasteiger partial charge is 0.334 e. The van der Waals surface area contributed by atoms with Crippen LogP contribution >= 0.6 is 11.6 Å². The van der Waals surface area contributed by atoms with Gasteiger partial charge >= 0.3 is 11.8 Å². The van der Waals surface area contributed by atoms with Gasteiger partial charge in [0.2, 0.25) is 0 Å². The summed E-state index contributed by atoms with van der Waals surface area (Å²) in [5, 5.41) is 10.9. The van der Waals surface area contributed by atoms with Crippen LogP contribution in [-0.2, 0) is 9.59 Å². The number of benzene rings is 1. The molecular weight excluding hydrogens is 285 g/mol. The van der Waals surface area contributed by atoms with Gasteiger partial charge in [-0.25, -0.2) is 4.39 Å². The molecule has 1 N–H and O–H groups in total. The van der Waals surface area contributed by atoms with Crippen molar-refractivity contribution in [1.29, 1.82) is 5.26 Å². The number of amides is 2. The minimum absolute atomic E-state index is 0.0923. The SMILES string of the molecule is C[C@H](CC#N)N(C)C(=O)C(=O)Nc1cc(F)cc(Cl)c1. The van der Waals surface area contributed by atoms with Crippen LogP contribution in [0.15, 0.2) is 18.2 Å². The molecule has 0 unspecified atom stereocenters. The molecule has 0 aliphatic rings. The molecule has 1 aromatic carbocycles. The Morgan fingerprint density at radius 2 is 2.15 bits per heavy atom. The Balaban J connectivity index is 2.75. The summed E-state index contributed by atoms with van der Waals surface area (Å²) in [6.07, 6.45) is 0.112. The number of likely N-dealkylation sites (N-methyl/N-ethyl adjacent to an activating group) is 1. The summed E-state index contributed by atoms with van der Waals surface area (Å²) >= 11 is 5.64. The van der Waals surface area contributed by atoms with Crippen LogP contribution in [-0.4, -0.2) is 29.8 Å². The number of halogens is 2. The summed E-state index contributed by atoms with van der Waals surface area (Å²) in [5.41, 5.74) is 0.0923. The maximum absolute atomic E-state index is 13.1. The molecule has 0 radical (unpaired) electrons. The van der Waals surface area contributed by atoms with E-state index in [0.717, 1.165) is 17.0 Å². The third kappa shape index (κ3) is 4.21. The van der Waals surface area contributed by atoms with Crippen molar-refractivity contribution in [3.63, 3.8) is 0 Å². The van der Waals surface area contributed by atoms with Crippen molar-refractivity contribution >= 4 is 29.1 Å². The van der Waals surface area contributed by atoms with E-state index in [9.17, 15) is 14.0 Å². The van der Waals surface area contributed by atoms with Crippen molar-refractivity contribution in [2.75, 3.05) is 12.4 Å². The van der Waals surface area contributed by atoms with Gasteiger partial charge in [-0.15, -0.1) is 0 Å². The van der Waals surface area contributed by atoms with Crippen molar-refractivity contribution in [2.24, 2.45) is 0 Å². The van der Waals surface area contributed by atoms with Crippen LogP contribution in [0.5, 0.6) is 0 Å². The van der Waals surface area contributed by atoms with Gasteiger partial charge in [0.1, 0.15) is 5.82 Å². The van der Waals surface area contributed by atoms with Crippen molar-refractivity contribution in [3.05, 3.63) is 29.0 Å². The van der Waals surface area contributed by atoms with Crippen LogP contribution in [0, 0.1) is 17.1 Å². The number of nitrogens with zero attached hydrogens (tertiary/aromatic N) is 2. The topological polar surface area (TPSA) is 73.2 Å². The molecule has 20 heavy (non-hydrogen) atoms. The van der Waals surface area contributed by atoms with Gasteiger partial charge in [-0.2, -0.15) is 5.26 Å². The fraction of sp³-hybridized carbons (Fsp3) is 0.308. The lowest BCUT2D eigenvalue weighted by atomic mass is 10.2. The molecule has 1 atom stereocenters. The van der Waals surface area contributed by atoms with Crippen LogP contribution in [0.1, 0.15) is 13.3 Å². The first-order chi connectivity index (χ1) is 9.35. The van der Waals surface area contributed by atoms with Gasteiger partial charge in [-0.3, -0.25) is 9.59 Å². The maximum Gasteiger partial charge on any atom is 0.313 e. The van der Waals surface area contributed by atoms with Gasteiger partial charge in [0.05, 0.1) is 12.5 Å².